The van der Waals surface area contributed by atoms with E-state index in [9.17, 15) is 4.79 Å². The van der Waals surface area contributed by atoms with E-state index in [0.717, 1.165) is 30.2 Å². The zero-order valence-corrected chi connectivity index (χ0v) is 14.7. The SMILES string of the molecule is CN1CCCC(CN(C)C(=O)c2csc(-c3cnn(C)c3)n2)C1. The van der Waals surface area contributed by atoms with E-state index in [4.69, 9.17) is 0 Å². The summed E-state index contributed by atoms with van der Waals surface area (Å²) in [4.78, 5) is 21.2. The van der Waals surface area contributed by atoms with Gasteiger partial charge in [-0.3, -0.25) is 9.48 Å². The second-order valence-electron chi connectivity index (χ2n) is 6.40. The Balaban J connectivity index is 1.64. The third-order valence-corrected chi connectivity index (χ3v) is 5.17. The quantitative estimate of drug-likeness (QED) is 0.858. The van der Waals surface area contributed by atoms with Crippen LogP contribution >= 0.6 is 11.3 Å². The zero-order valence-electron chi connectivity index (χ0n) is 13.9. The number of piperidine rings is 1. The van der Waals surface area contributed by atoms with E-state index in [0.29, 0.717) is 11.6 Å². The van der Waals surface area contributed by atoms with Gasteiger partial charge in [0.05, 0.1) is 6.20 Å². The van der Waals surface area contributed by atoms with Crippen LogP contribution in [0.3, 0.4) is 0 Å². The van der Waals surface area contributed by atoms with Crippen molar-refractivity contribution in [2.75, 3.05) is 33.7 Å². The van der Waals surface area contributed by atoms with Gasteiger partial charge in [0.15, 0.2) is 0 Å². The molecule has 0 aromatic carbocycles. The average Bonchev–Trinajstić information content (AvgIpc) is 3.15. The van der Waals surface area contributed by atoms with Crippen molar-refractivity contribution in [2.24, 2.45) is 13.0 Å². The maximum absolute atomic E-state index is 12.6. The molecule has 1 unspecified atom stereocenters. The van der Waals surface area contributed by atoms with Crippen LogP contribution < -0.4 is 0 Å². The van der Waals surface area contributed by atoms with Gasteiger partial charge in [0.25, 0.3) is 5.91 Å². The molecule has 1 saturated heterocycles. The van der Waals surface area contributed by atoms with Gasteiger partial charge in [0.1, 0.15) is 10.7 Å². The van der Waals surface area contributed by atoms with Crippen molar-refractivity contribution < 1.29 is 4.79 Å². The van der Waals surface area contributed by atoms with Crippen LogP contribution in [0.5, 0.6) is 0 Å². The minimum atomic E-state index is 0.00427. The maximum atomic E-state index is 12.6. The molecule has 7 heteroatoms. The Bertz CT molecular complexity index is 680. The van der Waals surface area contributed by atoms with Crippen molar-refractivity contribution in [1.29, 1.82) is 0 Å². The maximum Gasteiger partial charge on any atom is 0.273 e. The summed E-state index contributed by atoms with van der Waals surface area (Å²) in [5, 5.41) is 6.83. The highest BCUT2D eigenvalue weighted by Gasteiger charge is 2.22. The zero-order chi connectivity index (χ0) is 16.4. The molecule has 23 heavy (non-hydrogen) atoms. The average molecular weight is 333 g/mol. The number of rotatable bonds is 4. The van der Waals surface area contributed by atoms with Crippen LogP contribution in [0.2, 0.25) is 0 Å². The van der Waals surface area contributed by atoms with Crippen LogP contribution in [0.4, 0.5) is 0 Å². The number of carbonyl (C=O) groups excluding carboxylic acids is 1. The van der Waals surface area contributed by atoms with E-state index in [-0.39, 0.29) is 5.91 Å². The molecule has 124 valence electrons. The molecule has 0 bridgehead atoms. The number of aromatic nitrogens is 3. The highest BCUT2D eigenvalue weighted by atomic mass is 32.1. The molecular weight excluding hydrogens is 310 g/mol. The van der Waals surface area contributed by atoms with Crippen LogP contribution in [0.15, 0.2) is 17.8 Å². The Morgan fingerprint density at radius 1 is 1.48 bits per heavy atom. The predicted molar refractivity (Wildman–Crippen MR) is 91.5 cm³/mol. The number of carbonyl (C=O) groups is 1. The lowest BCUT2D eigenvalue weighted by Gasteiger charge is -2.32. The summed E-state index contributed by atoms with van der Waals surface area (Å²) < 4.78 is 1.74. The fourth-order valence-electron chi connectivity index (χ4n) is 3.12. The number of likely N-dealkylation sites (tertiary alicyclic amines) is 1. The van der Waals surface area contributed by atoms with Crippen molar-refractivity contribution >= 4 is 17.2 Å². The van der Waals surface area contributed by atoms with Crippen molar-refractivity contribution in [1.82, 2.24) is 24.6 Å². The van der Waals surface area contributed by atoms with Crippen LogP contribution in [0.1, 0.15) is 23.3 Å². The molecule has 0 N–H and O–H groups in total. The fraction of sp³-hybridized carbons (Fsp3) is 0.562. The molecular formula is C16H23N5OS. The Labute approximate surface area is 140 Å². The van der Waals surface area contributed by atoms with Gasteiger partial charge >= 0.3 is 0 Å². The number of aryl methyl sites for hydroxylation is 1. The first-order valence-electron chi connectivity index (χ1n) is 7.91. The van der Waals surface area contributed by atoms with Gasteiger partial charge in [0.2, 0.25) is 0 Å². The van der Waals surface area contributed by atoms with Crippen LogP contribution in [0, 0.1) is 5.92 Å². The summed E-state index contributed by atoms with van der Waals surface area (Å²) in [6.07, 6.45) is 6.09. The minimum Gasteiger partial charge on any atom is -0.340 e. The van der Waals surface area contributed by atoms with E-state index in [2.05, 4.69) is 22.0 Å². The highest BCUT2D eigenvalue weighted by Crippen LogP contribution is 2.24. The summed E-state index contributed by atoms with van der Waals surface area (Å²) in [6.45, 7) is 3.02. The lowest BCUT2D eigenvalue weighted by molar-refractivity contribution is 0.0736. The molecule has 0 saturated carbocycles. The van der Waals surface area contributed by atoms with Crippen LogP contribution in [0.25, 0.3) is 10.6 Å². The second-order valence-corrected chi connectivity index (χ2v) is 7.25. The summed E-state index contributed by atoms with van der Waals surface area (Å²) in [5.41, 5.74) is 1.48. The van der Waals surface area contributed by atoms with Gasteiger partial charge in [-0.15, -0.1) is 11.3 Å². The topological polar surface area (TPSA) is 54.3 Å². The lowest BCUT2D eigenvalue weighted by atomic mass is 9.98. The largest absolute Gasteiger partial charge is 0.340 e. The number of nitrogens with zero attached hydrogens (tertiary/aromatic N) is 5. The smallest absolute Gasteiger partial charge is 0.273 e. The van der Waals surface area contributed by atoms with E-state index < -0.39 is 0 Å². The molecule has 2 aromatic heterocycles. The monoisotopic (exact) mass is 333 g/mol. The molecule has 0 radical (unpaired) electrons. The summed E-state index contributed by atoms with van der Waals surface area (Å²) in [5.74, 6) is 0.559. The van der Waals surface area contributed by atoms with E-state index >= 15 is 0 Å². The van der Waals surface area contributed by atoms with Crippen molar-refractivity contribution in [3.8, 4) is 10.6 Å². The second kappa shape index (κ2) is 6.80. The molecule has 0 spiro atoms. The molecule has 2 aromatic rings. The van der Waals surface area contributed by atoms with Gasteiger partial charge in [-0.2, -0.15) is 5.10 Å². The first-order chi connectivity index (χ1) is 11.0. The first-order valence-corrected chi connectivity index (χ1v) is 8.79. The molecule has 1 amide bonds. The molecule has 1 aliphatic rings. The van der Waals surface area contributed by atoms with E-state index in [1.807, 2.05) is 30.6 Å². The Morgan fingerprint density at radius 3 is 3.00 bits per heavy atom. The van der Waals surface area contributed by atoms with Crippen molar-refractivity contribution in [3.05, 3.63) is 23.5 Å². The minimum absolute atomic E-state index is 0.00427. The number of thiazole rings is 1. The summed E-state index contributed by atoms with van der Waals surface area (Å²) in [7, 11) is 5.90. The molecule has 1 fully saturated rings. The summed E-state index contributed by atoms with van der Waals surface area (Å²) in [6, 6.07) is 0. The standard InChI is InChI=1S/C16H23N5OS/c1-19-6-4-5-12(8-19)9-20(2)16(22)14-11-23-15(18-14)13-7-17-21(3)10-13/h7,10-12H,4-6,8-9H2,1-3H3. The van der Waals surface area contributed by atoms with Gasteiger partial charge < -0.3 is 9.80 Å². The fourth-order valence-corrected chi connectivity index (χ4v) is 3.89. The van der Waals surface area contributed by atoms with Crippen molar-refractivity contribution in [2.45, 2.75) is 12.8 Å². The summed E-state index contributed by atoms with van der Waals surface area (Å²) >= 11 is 1.49. The Kier molecular flexibility index (Phi) is 4.77. The number of hydrogen-bond donors (Lipinski definition) is 0. The lowest BCUT2D eigenvalue weighted by Crippen LogP contribution is -2.40. The number of amides is 1. The molecule has 1 aliphatic heterocycles. The molecule has 6 nitrogen and oxygen atoms in total. The highest BCUT2D eigenvalue weighted by molar-refractivity contribution is 7.13. The molecule has 3 heterocycles. The molecule has 1 atom stereocenters. The Morgan fingerprint density at radius 2 is 2.30 bits per heavy atom. The third-order valence-electron chi connectivity index (χ3n) is 4.28. The molecule has 0 aliphatic carbocycles. The number of hydrogen-bond acceptors (Lipinski definition) is 5. The normalized spacial score (nSPS) is 19.0. The van der Waals surface area contributed by atoms with Gasteiger partial charge in [-0.1, -0.05) is 0 Å². The van der Waals surface area contributed by atoms with Gasteiger partial charge in [-0.25, -0.2) is 4.98 Å². The third kappa shape index (κ3) is 3.79. The van der Waals surface area contributed by atoms with Crippen molar-refractivity contribution in [3.63, 3.8) is 0 Å². The van der Waals surface area contributed by atoms with Crippen LogP contribution in [-0.2, 0) is 7.05 Å². The van der Waals surface area contributed by atoms with Gasteiger partial charge in [-0.05, 0) is 32.4 Å². The van der Waals surface area contributed by atoms with Gasteiger partial charge in [0, 0.05) is 44.3 Å². The predicted octanol–water partition coefficient (Wildman–Crippen LogP) is 1.96. The first kappa shape index (κ1) is 16.1. The Hall–Kier alpha value is -1.73. The van der Waals surface area contributed by atoms with E-state index in [1.165, 1.54) is 24.2 Å². The molecule has 3 rings (SSSR count). The van der Waals surface area contributed by atoms with Crippen LogP contribution in [-0.4, -0.2) is 64.2 Å². The van der Waals surface area contributed by atoms with E-state index in [1.54, 1.807) is 10.9 Å².